The quantitative estimate of drug-likeness (QED) is 0.905. The summed E-state index contributed by atoms with van der Waals surface area (Å²) in [7, 11) is 1.86. The fourth-order valence-electron chi connectivity index (χ4n) is 2.05. The highest BCUT2D eigenvalue weighted by atomic mass is 79.9. The molecule has 0 fully saturated rings. The van der Waals surface area contributed by atoms with Gasteiger partial charge in [-0.3, -0.25) is 4.79 Å². The molecule has 0 saturated heterocycles. The van der Waals surface area contributed by atoms with Gasteiger partial charge in [0.25, 0.3) is 5.91 Å². The summed E-state index contributed by atoms with van der Waals surface area (Å²) in [6.07, 6.45) is 1.86. The highest BCUT2D eigenvalue weighted by Crippen LogP contribution is 2.24. The Hall–Kier alpha value is -1.55. The number of carbonyl (C=O) groups excluding carboxylic acids is 1. The Morgan fingerprint density at radius 1 is 1.32 bits per heavy atom. The van der Waals surface area contributed by atoms with Gasteiger partial charge in [-0.1, -0.05) is 32.0 Å². The maximum Gasteiger partial charge on any atom is 0.272 e. The summed E-state index contributed by atoms with van der Waals surface area (Å²) in [5, 5.41) is 2.98. The lowest BCUT2D eigenvalue weighted by molar-refractivity contribution is 0.101. The summed E-state index contributed by atoms with van der Waals surface area (Å²) in [5.74, 6) is 0.276. The van der Waals surface area contributed by atoms with E-state index in [4.69, 9.17) is 0 Å². The molecule has 1 N–H and O–H groups in total. The van der Waals surface area contributed by atoms with E-state index in [2.05, 4.69) is 35.1 Å². The van der Waals surface area contributed by atoms with Crippen LogP contribution in [0.2, 0.25) is 0 Å². The van der Waals surface area contributed by atoms with E-state index in [0.717, 1.165) is 15.7 Å². The van der Waals surface area contributed by atoms with E-state index in [1.54, 1.807) is 4.57 Å². The second kappa shape index (κ2) is 5.61. The van der Waals surface area contributed by atoms with Gasteiger partial charge >= 0.3 is 0 Å². The number of para-hydroxylation sites is 1. The van der Waals surface area contributed by atoms with E-state index in [0.29, 0.717) is 11.6 Å². The van der Waals surface area contributed by atoms with Crippen LogP contribution in [0.3, 0.4) is 0 Å². The van der Waals surface area contributed by atoms with Crippen molar-refractivity contribution in [3.05, 3.63) is 52.3 Å². The Balaban J connectivity index is 2.27. The van der Waals surface area contributed by atoms with Crippen molar-refractivity contribution >= 4 is 27.5 Å². The smallest absolute Gasteiger partial charge is 0.272 e. The topological polar surface area (TPSA) is 34.0 Å². The van der Waals surface area contributed by atoms with Gasteiger partial charge in [-0.25, -0.2) is 0 Å². The van der Waals surface area contributed by atoms with Gasteiger partial charge < -0.3 is 9.88 Å². The molecule has 4 heteroatoms. The van der Waals surface area contributed by atoms with Crippen molar-refractivity contribution in [2.45, 2.75) is 19.8 Å². The summed E-state index contributed by atoms with van der Waals surface area (Å²) in [4.78, 5) is 12.3. The van der Waals surface area contributed by atoms with Crippen LogP contribution in [-0.2, 0) is 7.05 Å². The lowest BCUT2D eigenvalue weighted by Gasteiger charge is -2.13. The van der Waals surface area contributed by atoms with Crippen LogP contribution in [0, 0.1) is 0 Å². The molecule has 1 aromatic heterocycles. The summed E-state index contributed by atoms with van der Waals surface area (Å²) >= 11 is 3.37. The molecule has 0 aliphatic carbocycles. The third kappa shape index (κ3) is 3.07. The third-order valence-electron chi connectivity index (χ3n) is 3.04. The molecule has 1 aromatic carbocycles. The van der Waals surface area contributed by atoms with Crippen LogP contribution in [0.4, 0.5) is 5.69 Å². The molecule has 1 heterocycles. The predicted molar refractivity (Wildman–Crippen MR) is 81.6 cm³/mol. The van der Waals surface area contributed by atoms with Crippen molar-refractivity contribution < 1.29 is 4.79 Å². The van der Waals surface area contributed by atoms with Crippen LogP contribution in [0.5, 0.6) is 0 Å². The Labute approximate surface area is 121 Å². The molecular formula is C15H17BrN2O. The van der Waals surface area contributed by atoms with Crippen molar-refractivity contribution in [3.63, 3.8) is 0 Å². The Morgan fingerprint density at radius 2 is 2.00 bits per heavy atom. The predicted octanol–water partition coefficient (Wildman–Crippen LogP) is 4.16. The van der Waals surface area contributed by atoms with Gasteiger partial charge in [0.2, 0.25) is 0 Å². The normalized spacial score (nSPS) is 10.8. The first-order valence-corrected chi connectivity index (χ1v) is 7.00. The number of aromatic nitrogens is 1. The minimum absolute atomic E-state index is 0.0960. The van der Waals surface area contributed by atoms with Gasteiger partial charge in [0.1, 0.15) is 5.69 Å². The van der Waals surface area contributed by atoms with E-state index < -0.39 is 0 Å². The third-order valence-corrected chi connectivity index (χ3v) is 3.47. The molecule has 2 rings (SSSR count). The second-order valence-corrected chi connectivity index (χ2v) is 5.77. The molecule has 0 unspecified atom stereocenters. The van der Waals surface area contributed by atoms with Gasteiger partial charge in [-0.2, -0.15) is 0 Å². The van der Waals surface area contributed by atoms with E-state index in [9.17, 15) is 4.79 Å². The first kappa shape index (κ1) is 13.9. The lowest BCUT2D eigenvalue weighted by atomic mass is 10.0. The fourth-order valence-corrected chi connectivity index (χ4v) is 2.57. The van der Waals surface area contributed by atoms with Crippen molar-refractivity contribution in [1.29, 1.82) is 0 Å². The molecule has 2 aromatic rings. The number of halogens is 1. The Morgan fingerprint density at radius 3 is 2.58 bits per heavy atom. The van der Waals surface area contributed by atoms with Crippen LogP contribution in [0.15, 0.2) is 41.0 Å². The van der Waals surface area contributed by atoms with Crippen molar-refractivity contribution in [2.24, 2.45) is 7.05 Å². The molecular weight excluding hydrogens is 304 g/mol. The maximum absolute atomic E-state index is 12.3. The van der Waals surface area contributed by atoms with Crippen molar-refractivity contribution in [3.8, 4) is 0 Å². The highest BCUT2D eigenvalue weighted by molar-refractivity contribution is 9.10. The average molecular weight is 321 g/mol. The summed E-state index contributed by atoms with van der Waals surface area (Å²) in [6, 6.07) is 9.71. The monoisotopic (exact) mass is 320 g/mol. The zero-order valence-corrected chi connectivity index (χ0v) is 12.9. The number of anilines is 1. The lowest BCUT2D eigenvalue weighted by Crippen LogP contribution is -2.16. The Bertz CT molecular complexity index is 602. The van der Waals surface area contributed by atoms with Gasteiger partial charge in [0, 0.05) is 23.4 Å². The summed E-state index contributed by atoms with van der Waals surface area (Å²) in [6.45, 7) is 4.23. The standard InChI is InChI=1S/C15H17BrN2O/c1-10(2)12-6-4-5-7-13(12)17-15(19)14-8-11(16)9-18(14)3/h4-10H,1-3H3,(H,17,19). The number of nitrogens with zero attached hydrogens (tertiary/aromatic N) is 1. The summed E-state index contributed by atoms with van der Waals surface area (Å²) in [5.41, 5.74) is 2.65. The number of nitrogens with one attached hydrogen (secondary N) is 1. The van der Waals surface area contributed by atoms with Crippen LogP contribution < -0.4 is 5.32 Å². The molecule has 0 radical (unpaired) electrons. The first-order chi connectivity index (χ1) is 8.99. The van der Waals surface area contributed by atoms with Gasteiger partial charge in [-0.05, 0) is 39.5 Å². The van der Waals surface area contributed by atoms with Crippen LogP contribution >= 0.6 is 15.9 Å². The van der Waals surface area contributed by atoms with Gasteiger partial charge in [0.15, 0.2) is 0 Å². The number of carbonyl (C=O) groups is 1. The molecule has 0 bridgehead atoms. The maximum atomic E-state index is 12.3. The van der Waals surface area contributed by atoms with E-state index in [1.807, 2.05) is 43.6 Å². The molecule has 19 heavy (non-hydrogen) atoms. The summed E-state index contributed by atoms with van der Waals surface area (Å²) < 4.78 is 2.70. The zero-order chi connectivity index (χ0) is 14.0. The number of hydrogen-bond acceptors (Lipinski definition) is 1. The van der Waals surface area contributed by atoms with E-state index in [-0.39, 0.29) is 5.91 Å². The van der Waals surface area contributed by atoms with E-state index >= 15 is 0 Å². The largest absolute Gasteiger partial charge is 0.345 e. The molecule has 0 aliphatic heterocycles. The van der Waals surface area contributed by atoms with Crippen LogP contribution in [0.1, 0.15) is 35.8 Å². The molecule has 0 saturated carbocycles. The highest BCUT2D eigenvalue weighted by Gasteiger charge is 2.13. The Kier molecular flexibility index (Phi) is 4.10. The molecule has 0 spiro atoms. The van der Waals surface area contributed by atoms with Crippen molar-refractivity contribution in [1.82, 2.24) is 4.57 Å². The van der Waals surface area contributed by atoms with Crippen LogP contribution in [0.25, 0.3) is 0 Å². The number of aryl methyl sites for hydroxylation is 1. The average Bonchev–Trinajstić information content (AvgIpc) is 2.69. The number of hydrogen-bond donors (Lipinski definition) is 1. The zero-order valence-electron chi connectivity index (χ0n) is 11.3. The molecule has 1 amide bonds. The minimum atomic E-state index is -0.0960. The molecule has 3 nitrogen and oxygen atoms in total. The minimum Gasteiger partial charge on any atom is -0.345 e. The first-order valence-electron chi connectivity index (χ1n) is 6.21. The van der Waals surface area contributed by atoms with Gasteiger partial charge in [-0.15, -0.1) is 0 Å². The molecule has 0 atom stereocenters. The number of rotatable bonds is 3. The van der Waals surface area contributed by atoms with Crippen molar-refractivity contribution in [2.75, 3.05) is 5.32 Å². The molecule has 0 aliphatic rings. The number of amides is 1. The second-order valence-electron chi connectivity index (χ2n) is 4.85. The van der Waals surface area contributed by atoms with Gasteiger partial charge in [0.05, 0.1) is 0 Å². The SMILES string of the molecule is CC(C)c1ccccc1NC(=O)c1cc(Br)cn1C. The molecule has 100 valence electrons. The fraction of sp³-hybridized carbons (Fsp3) is 0.267. The van der Waals surface area contributed by atoms with E-state index in [1.165, 1.54) is 0 Å². The number of benzene rings is 1. The van der Waals surface area contributed by atoms with Crippen LogP contribution in [-0.4, -0.2) is 10.5 Å².